The van der Waals surface area contributed by atoms with Crippen LogP contribution in [0.25, 0.3) is 0 Å². The largest absolute Gasteiger partial charge is 0.493 e. The summed E-state index contributed by atoms with van der Waals surface area (Å²) < 4.78 is 36.8. The minimum absolute atomic E-state index is 0.131. The van der Waals surface area contributed by atoms with E-state index in [-0.39, 0.29) is 18.4 Å². The van der Waals surface area contributed by atoms with Crippen LogP contribution in [-0.2, 0) is 21.2 Å². The molecule has 2 rings (SSSR count). The predicted octanol–water partition coefficient (Wildman–Crippen LogP) is 3.40. The Hall–Kier alpha value is -2.73. The minimum Gasteiger partial charge on any atom is -0.493 e. The first-order valence-corrected chi connectivity index (χ1v) is 13.2. The number of methoxy groups -OCH3 is 1. The maximum atomic E-state index is 12.6. The molecule has 2 N–H and O–H groups in total. The number of hydrogen-bond donors (Lipinski definition) is 2. The molecule has 0 heterocycles. The summed E-state index contributed by atoms with van der Waals surface area (Å²) >= 11 is 5.87. The van der Waals surface area contributed by atoms with Crippen molar-refractivity contribution in [1.82, 2.24) is 10.0 Å². The molecule has 0 bridgehead atoms. The Morgan fingerprint density at radius 2 is 1.85 bits per heavy atom. The van der Waals surface area contributed by atoms with Crippen molar-refractivity contribution in [3.63, 3.8) is 0 Å². The van der Waals surface area contributed by atoms with Gasteiger partial charge in [-0.1, -0.05) is 49.8 Å². The summed E-state index contributed by atoms with van der Waals surface area (Å²) in [6.07, 6.45) is 2.27. The third kappa shape index (κ3) is 9.26. The normalized spacial score (nSPS) is 12.7. The maximum Gasteiger partial charge on any atom is 0.238 e. The number of amides is 1. The molecule has 1 amide bonds. The summed E-state index contributed by atoms with van der Waals surface area (Å²) in [6, 6.07) is 12.0. The number of carbonyl (C=O) groups is 1. The van der Waals surface area contributed by atoms with Crippen LogP contribution in [0.15, 0.2) is 42.5 Å². The van der Waals surface area contributed by atoms with Gasteiger partial charge in [0.05, 0.1) is 13.4 Å². The molecular formula is C25H31ClN2O5S. The first kappa shape index (κ1) is 27.5. The van der Waals surface area contributed by atoms with Gasteiger partial charge in [0.15, 0.2) is 11.5 Å². The zero-order valence-electron chi connectivity index (χ0n) is 19.9. The van der Waals surface area contributed by atoms with Gasteiger partial charge >= 0.3 is 0 Å². The van der Waals surface area contributed by atoms with Crippen molar-refractivity contribution in [2.24, 2.45) is 5.92 Å². The van der Waals surface area contributed by atoms with Gasteiger partial charge in [-0.3, -0.25) is 4.79 Å². The number of hydrogen-bond acceptors (Lipinski definition) is 5. The predicted molar refractivity (Wildman–Crippen MR) is 135 cm³/mol. The quantitative estimate of drug-likeness (QED) is 0.455. The molecule has 2 unspecified atom stereocenters. The highest BCUT2D eigenvalue weighted by Gasteiger charge is 2.26. The molecule has 9 heteroatoms. The number of ether oxygens (including phenoxy) is 2. The second-order valence-electron chi connectivity index (χ2n) is 7.88. The average Bonchev–Trinajstić information content (AvgIpc) is 2.80. The van der Waals surface area contributed by atoms with Gasteiger partial charge in [0.25, 0.3) is 0 Å². The highest BCUT2D eigenvalue weighted by molar-refractivity contribution is 7.88. The van der Waals surface area contributed by atoms with Crippen LogP contribution in [0, 0.1) is 17.8 Å². The number of sulfonamides is 1. The molecular weight excluding hydrogens is 476 g/mol. The Balaban J connectivity index is 1.92. The summed E-state index contributed by atoms with van der Waals surface area (Å²) in [5.41, 5.74) is 1.78. The van der Waals surface area contributed by atoms with Crippen molar-refractivity contribution in [3.05, 3.63) is 58.6 Å². The fraction of sp³-hybridized carbons (Fsp3) is 0.400. The molecule has 0 aliphatic heterocycles. The van der Waals surface area contributed by atoms with E-state index in [0.29, 0.717) is 35.9 Å². The van der Waals surface area contributed by atoms with Gasteiger partial charge in [0.1, 0.15) is 12.6 Å². The van der Waals surface area contributed by atoms with Gasteiger partial charge in [-0.25, -0.2) is 13.1 Å². The maximum absolute atomic E-state index is 12.6. The Morgan fingerprint density at radius 3 is 2.47 bits per heavy atom. The van der Waals surface area contributed by atoms with Crippen molar-refractivity contribution < 1.29 is 22.7 Å². The first-order chi connectivity index (χ1) is 16.1. The van der Waals surface area contributed by atoms with Gasteiger partial charge in [-0.2, -0.15) is 0 Å². The Labute approximate surface area is 207 Å². The molecule has 2 aromatic carbocycles. The van der Waals surface area contributed by atoms with E-state index in [9.17, 15) is 13.2 Å². The van der Waals surface area contributed by atoms with Crippen LogP contribution in [-0.4, -0.2) is 46.9 Å². The second-order valence-corrected chi connectivity index (χ2v) is 10.1. The van der Waals surface area contributed by atoms with Crippen molar-refractivity contribution in [1.29, 1.82) is 0 Å². The number of benzene rings is 2. The average molecular weight is 507 g/mol. The van der Waals surface area contributed by atoms with Crippen molar-refractivity contribution in [2.75, 3.05) is 26.5 Å². The van der Waals surface area contributed by atoms with E-state index in [1.807, 2.05) is 38.1 Å². The molecule has 0 aliphatic carbocycles. The van der Waals surface area contributed by atoms with Crippen LogP contribution in [0.3, 0.4) is 0 Å². The van der Waals surface area contributed by atoms with E-state index in [4.69, 9.17) is 21.1 Å². The molecule has 7 nitrogen and oxygen atoms in total. The van der Waals surface area contributed by atoms with Crippen LogP contribution in [0.4, 0.5) is 0 Å². The molecule has 184 valence electrons. The van der Waals surface area contributed by atoms with E-state index < -0.39 is 16.1 Å². The van der Waals surface area contributed by atoms with Gasteiger partial charge in [-0.05, 0) is 54.3 Å². The van der Waals surface area contributed by atoms with Crippen LogP contribution < -0.4 is 19.5 Å². The van der Waals surface area contributed by atoms with E-state index >= 15 is 0 Å². The lowest BCUT2D eigenvalue weighted by molar-refractivity contribution is -0.123. The summed E-state index contributed by atoms with van der Waals surface area (Å²) in [4.78, 5) is 12.6. The van der Waals surface area contributed by atoms with E-state index in [0.717, 1.165) is 17.4 Å². The highest BCUT2D eigenvalue weighted by atomic mass is 35.5. The third-order valence-electron chi connectivity index (χ3n) is 5.15. The number of rotatable bonds is 11. The Bertz CT molecular complexity index is 1120. The smallest absolute Gasteiger partial charge is 0.238 e. The van der Waals surface area contributed by atoms with E-state index in [1.165, 1.54) is 0 Å². The lowest BCUT2D eigenvalue weighted by atomic mass is 9.99. The lowest BCUT2D eigenvalue weighted by Crippen LogP contribution is -2.50. The summed E-state index contributed by atoms with van der Waals surface area (Å²) in [5.74, 6) is 6.62. The fourth-order valence-electron chi connectivity index (χ4n) is 3.11. The molecule has 0 fully saturated rings. The number of carbonyl (C=O) groups excluding carboxylic acids is 1. The molecule has 0 aromatic heterocycles. The number of nitrogens with one attached hydrogen (secondary N) is 2. The third-order valence-corrected chi connectivity index (χ3v) is 6.09. The lowest BCUT2D eigenvalue weighted by Gasteiger charge is -2.22. The summed E-state index contributed by atoms with van der Waals surface area (Å²) in [6.45, 7) is 4.30. The van der Waals surface area contributed by atoms with Crippen molar-refractivity contribution >= 4 is 27.5 Å². The van der Waals surface area contributed by atoms with Gasteiger partial charge in [-0.15, -0.1) is 0 Å². The minimum atomic E-state index is -3.50. The molecule has 0 saturated heterocycles. The van der Waals surface area contributed by atoms with Crippen LogP contribution in [0.1, 0.15) is 31.4 Å². The van der Waals surface area contributed by atoms with E-state index in [2.05, 4.69) is 21.9 Å². The molecule has 0 aliphatic rings. The fourth-order valence-corrected chi connectivity index (χ4v) is 4.03. The van der Waals surface area contributed by atoms with Gasteiger partial charge in [0.2, 0.25) is 15.9 Å². The second kappa shape index (κ2) is 13.2. The first-order valence-electron chi connectivity index (χ1n) is 10.9. The molecule has 0 saturated carbocycles. The monoisotopic (exact) mass is 506 g/mol. The van der Waals surface area contributed by atoms with Crippen molar-refractivity contribution in [2.45, 2.75) is 32.7 Å². The molecule has 34 heavy (non-hydrogen) atoms. The van der Waals surface area contributed by atoms with Gasteiger partial charge < -0.3 is 14.8 Å². The van der Waals surface area contributed by atoms with Crippen LogP contribution in [0.5, 0.6) is 11.5 Å². The number of halogens is 1. The standard InChI is InChI=1S/C25H31ClN2O5S/c1-5-18(2)24(28-34(4,30)31)25(29)27-15-14-20-10-13-22(23(17-20)32-3)33-16-6-7-19-8-11-21(26)12-9-19/h8-13,17-18,24,28H,5,14-16H2,1-4H3,(H,27,29). The molecule has 0 radical (unpaired) electrons. The Morgan fingerprint density at radius 1 is 1.15 bits per heavy atom. The zero-order chi connectivity index (χ0) is 25.1. The Kier molecular flexibility index (Phi) is 10.7. The zero-order valence-corrected chi connectivity index (χ0v) is 21.4. The SMILES string of the molecule is CCC(C)C(NS(C)(=O)=O)C(=O)NCCc1ccc(OCC#Cc2ccc(Cl)cc2)c(OC)c1. The highest BCUT2D eigenvalue weighted by Crippen LogP contribution is 2.28. The van der Waals surface area contributed by atoms with E-state index in [1.54, 1.807) is 25.3 Å². The molecule has 0 spiro atoms. The summed E-state index contributed by atoms with van der Waals surface area (Å²) in [5, 5.41) is 3.48. The summed E-state index contributed by atoms with van der Waals surface area (Å²) in [7, 11) is -1.94. The van der Waals surface area contributed by atoms with Crippen LogP contribution >= 0.6 is 11.6 Å². The molecule has 2 atom stereocenters. The molecule has 2 aromatic rings. The van der Waals surface area contributed by atoms with Crippen molar-refractivity contribution in [3.8, 4) is 23.3 Å². The van der Waals surface area contributed by atoms with Crippen LogP contribution in [0.2, 0.25) is 5.02 Å². The van der Waals surface area contributed by atoms with Gasteiger partial charge in [0, 0.05) is 17.1 Å². The topological polar surface area (TPSA) is 93.7 Å².